The van der Waals surface area contributed by atoms with Gasteiger partial charge in [0, 0.05) is 33.6 Å². The van der Waals surface area contributed by atoms with Crippen molar-refractivity contribution in [2.24, 2.45) is 5.92 Å². The van der Waals surface area contributed by atoms with Crippen LogP contribution in [-0.4, -0.2) is 63.7 Å². The van der Waals surface area contributed by atoms with E-state index in [1.165, 1.54) is 42.7 Å². The van der Waals surface area contributed by atoms with Crippen LogP contribution >= 0.6 is 0 Å². The lowest BCUT2D eigenvalue weighted by Crippen LogP contribution is -2.41. The summed E-state index contributed by atoms with van der Waals surface area (Å²) in [6, 6.07) is 5.48. The minimum absolute atomic E-state index is 0.0744. The summed E-state index contributed by atoms with van der Waals surface area (Å²) >= 11 is 0. The van der Waals surface area contributed by atoms with Gasteiger partial charge in [-0.3, -0.25) is 4.79 Å². The topological polar surface area (TPSA) is 112 Å². The van der Waals surface area contributed by atoms with E-state index < -0.39 is 26.0 Å². The van der Waals surface area contributed by atoms with E-state index in [1.54, 1.807) is 0 Å². The van der Waals surface area contributed by atoms with Crippen LogP contribution in [0.25, 0.3) is 0 Å². The summed E-state index contributed by atoms with van der Waals surface area (Å²) in [5.74, 6) is -1.25. The highest BCUT2D eigenvalue weighted by atomic mass is 32.2. The molecule has 0 radical (unpaired) electrons. The second kappa shape index (κ2) is 7.40. The van der Waals surface area contributed by atoms with Gasteiger partial charge in [0.25, 0.3) is 0 Å². The molecule has 0 saturated carbocycles. The van der Waals surface area contributed by atoms with Crippen LogP contribution in [0.1, 0.15) is 19.3 Å². The molecule has 1 atom stereocenters. The van der Waals surface area contributed by atoms with Crippen LogP contribution in [0.15, 0.2) is 34.1 Å². The molecule has 1 aromatic rings. The van der Waals surface area contributed by atoms with E-state index in [4.69, 9.17) is 5.11 Å². The number of hydrogen-bond acceptors (Lipinski definition) is 5. The van der Waals surface area contributed by atoms with Gasteiger partial charge >= 0.3 is 5.97 Å². The number of carboxylic acid groups (broad SMARTS) is 1. The highest BCUT2D eigenvalue weighted by Crippen LogP contribution is 2.29. The summed E-state index contributed by atoms with van der Waals surface area (Å²) in [6.45, 7) is 0.319. The van der Waals surface area contributed by atoms with Crippen molar-refractivity contribution in [2.45, 2.75) is 29.1 Å². The molecule has 1 aliphatic rings. The van der Waals surface area contributed by atoms with Crippen LogP contribution in [0.4, 0.5) is 0 Å². The van der Waals surface area contributed by atoms with E-state index in [0.717, 1.165) is 4.31 Å². The average Bonchev–Trinajstić information content (AvgIpc) is 2.54. The van der Waals surface area contributed by atoms with Gasteiger partial charge in [0.1, 0.15) is 9.79 Å². The Hall–Kier alpha value is -1.49. The largest absolute Gasteiger partial charge is 0.481 e. The third-order valence-corrected chi connectivity index (χ3v) is 8.10. The number of carboxylic acids is 1. The van der Waals surface area contributed by atoms with Crippen LogP contribution in [0.5, 0.6) is 0 Å². The molecule has 8 nitrogen and oxygen atoms in total. The van der Waals surface area contributed by atoms with E-state index in [9.17, 15) is 21.6 Å². The van der Waals surface area contributed by atoms with Gasteiger partial charge < -0.3 is 5.11 Å². The smallest absolute Gasteiger partial charge is 0.303 e. The fraction of sp³-hybridized carbons (Fsp3) is 0.533. The van der Waals surface area contributed by atoms with Crippen LogP contribution in [-0.2, 0) is 24.8 Å². The molecule has 0 amide bonds. The molecule has 140 valence electrons. The Kier molecular flexibility index (Phi) is 5.87. The monoisotopic (exact) mass is 390 g/mol. The summed E-state index contributed by atoms with van der Waals surface area (Å²) < 4.78 is 53.1. The summed E-state index contributed by atoms with van der Waals surface area (Å²) in [5.41, 5.74) is 0. The van der Waals surface area contributed by atoms with Gasteiger partial charge in [-0.2, -0.15) is 4.31 Å². The van der Waals surface area contributed by atoms with Gasteiger partial charge in [0.15, 0.2) is 0 Å². The lowest BCUT2D eigenvalue weighted by molar-refractivity contribution is -0.138. The Morgan fingerprint density at radius 2 is 1.80 bits per heavy atom. The van der Waals surface area contributed by atoms with Gasteiger partial charge in [-0.15, -0.1) is 0 Å². The van der Waals surface area contributed by atoms with Crippen molar-refractivity contribution >= 4 is 26.0 Å². The molecular formula is C15H22N2O6S2. The van der Waals surface area contributed by atoms with E-state index in [-0.39, 0.29) is 35.2 Å². The van der Waals surface area contributed by atoms with Crippen LogP contribution in [0.3, 0.4) is 0 Å². The number of aliphatic carboxylic acids is 1. The first kappa shape index (κ1) is 19.8. The number of hydrogen-bond donors (Lipinski definition) is 1. The molecule has 1 aromatic carbocycles. The molecule has 0 bridgehead atoms. The second-order valence-electron chi connectivity index (χ2n) is 6.20. The Labute approximate surface area is 148 Å². The third kappa shape index (κ3) is 4.20. The molecule has 1 fully saturated rings. The summed E-state index contributed by atoms with van der Waals surface area (Å²) in [4.78, 5) is 10.3. The SMILES string of the molecule is CN(C)S(=O)(=O)c1ccccc1S(=O)(=O)N1CCCC(CC(=O)O)C1. The van der Waals surface area contributed by atoms with Crippen molar-refractivity contribution in [2.75, 3.05) is 27.2 Å². The van der Waals surface area contributed by atoms with Crippen molar-refractivity contribution in [3.05, 3.63) is 24.3 Å². The van der Waals surface area contributed by atoms with E-state index in [0.29, 0.717) is 12.8 Å². The molecular weight excluding hydrogens is 368 g/mol. The molecule has 25 heavy (non-hydrogen) atoms. The quantitative estimate of drug-likeness (QED) is 0.769. The van der Waals surface area contributed by atoms with Gasteiger partial charge in [0.05, 0.1) is 0 Å². The van der Waals surface area contributed by atoms with Gasteiger partial charge in [-0.25, -0.2) is 21.1 Å². The first-order chi connectivity index (χ1) is 11.6. The van der Waals surface area contributed by atoms with Crippen LogP contribution in [0, 0.1) is 5.92 Å². The van der Waals surface area contributed by atoms with Crippen molar-refractivity contribution in [3.63, 3.8) is 0 Å². The number of benzene rings is 1. The van der Waals surface area contributed by atoms with Crippen molar-refractivity contribution < 1.29 is 26.7 Å². The van der Waals surface area contributed by atoms with Gasteiger partial charge in [-0.1, -0.05) is 12.1 Å². The van der Waals surface area contributed by atoms with Crippen molar-refractivity contribution in [1.29, 1.82) is 0 Å². The predicted octanol–water partition coefficient (Wildman–Crippen LogP) is 0.812. The number of piperidine rings is 1. The standard InChI is InChI=1S/C15H22N2O6S2/c1-16(2)24(20,21)13-7-3-4-8-14(13)25(22,23)17-9-5-6-12(11-17)10-15(18)19/h3-4,7-8,12H,5-6,9-11H2,1-2H3,(H,18,19). The fourth-order valence-corrected chi connectivity index (χ4v) is 6.10. The van der Waals surface area contributed by atoms with Crippen molar-refractivity contribution in [1.82, 2.24) is 8.61 Å². The second-order valence-corrected chi connectivity index (χ2v) is 10.2. The lowest BCUT2D eigenvalue weighted by atomic mass is 9.96. The van der Waals surface area contributed by atoms with E-state index in [1.807, 2.05) is 0 Å². The Bertz CT molecular complexity index is 849. The maximum Gasteiger partial charge on any atom is 0.303 e. The zero-order valence-electron chi connectivity index (χ0n) is 14.1. The number of rotatable bonds is 6. The van der Waals surface area contributed by atoms with E-state index in [2.05, 4.69) is 0 Å². The van der Waals surface area contributed by atoms with Crippen LogP contribution in [0.2, 0.25) is 0 Å². The number of nitrogens with zero attached hydrogens (tertiary/aromatic N) is 2. The molecule has 1 heterocycles. The Balaban J connectivity index is 2.42. The zero-order chi connectivity index (χ0) is 18.8. The first-order valence-corrected chi connectivity index (χ1v) is 10.7. The molecule has 0 aliphatic carbocycles. The molecule has 0 aromatic heterocycles. The van der Waals surface area contributed by atoms with Crippen LogP contribution < -0.4 is 0 Å². The lowest BCUT2D eigenvalue weighted by Gasteiger charge is -2.31. The summed E-state index contributed by atoms with van der Waals surface area (Å²) in [5, 5.41) is 8.93. The first-order valence-electron chi connectivity index (χ1n) is 7.80. The predicted molar refractivity (Wildman–Crippen MR) is 91.1 cm³/mol. The normalized spacial score (nSPS) is 19.9. The molecule has 1 saturated heterocycles. The third-order valence-electron chi connectivity index (χ3n) is 4.17. The van der Waals surface area contributed by atoms with Gasteiger partial charge in [-0.05, 0) is 30.9 Å². The summed E-state index contributed by atoms with van der Waals surface area (Å²) in [7, 11) is -5.30. The fourth-order valence-electron chi connectivity index (χ4n) is 2.87. The Morgan fingerprint density at radius 1 is 1.20 bits per heavy atom. The molecule has 1 aliphatic heterocycles. The highest BCUT2D eigenvalue weighted by molar-refractivity contribution is 7.92. The maximum atomic E-state index is 13.0. The molecule has 10 heteroatoms. The number of sulfonamides is 2. The zero-order valence-corrected chi connectivity index (χ0v) is 15.8. The van der Waals surface area contributed by atoms with E-state index >= 15 is 0 Å². The minimum atomic E-state index is -4.04. The summed E-state index contributed by atoms with van der Waals surface area (Å²) in [6.07, 6.45) is 1.07. The Morgan fingerprint density at radius 3 is 2.36 bits per heavy atom. The number of carbonyl (C=O) groups is 1. The average molecular weight is 390 g/mol. The van der Waals surface area contributed by atoms with Crippen molar-refractivity contribution in [3.8, 4) is 0 Å². The molecule has 1 N–H and O–H groups in total. The van der Waals surface area contributed by atoms with Gasteiger partial charge in [0.2, 0.25) is 20.0 Å². The molecule has 0 spiro atoms. The maximum absolute atomic E-state index is 13.0. The molecule has 1 unspecified atom stereocenters. The molecule has 2 rings (SSSR count). The highest BCUT2D eigenvalue weighted by Gasteiger charge is 2.35. The minimum Gasteiger partial charge on any atom is -0.481 e.